The van der Waals surface area contributed by atoms with E-state index in [1.807, 2.05) is 31.2 Å². The highest BCUT2D eigenvalue weighted by Crippen LogP contribution is 2.12. The number of thiazole rings is 1. The van der Waals surface area contributed by atoms with Crippen molar-refractivity contribution >= 4 is 22.9 Å². The third kappa shape index (κ3) is 4.86. The van der Waals surface area contributed by atoms with Gasteiger partial charge in [0.1, 0.15) is 30.3 Å². The van der Waals surface area contributed by atoms with E-state index in [4.69, 9.17) is 4.74 Å². The number of aromatic nitrogens is 1. The van der Waals surface area contributed by atoms with E-state index in [1.165, 1.54) is 10.5 Å². The molecule has 6 heteroatoms. The van der Waals surface area contributed by atoms with Crippen LogP contribution in [0.1, 0.15) is 16.3 Å². The Bertz CT molecular complexity index is 648. The van der Waals surface area contributed by atoms with Crippen LogP contribution in [0.25, 0.3) is 0 Å². The van der Waals surface area contributed by atoms with Crippen LogP contribution in [0.2, 0.25) is 0 Å². The van der Waals surface area contributed by atoms with Gasteiger partial charge in [0.25, 0.3) is 0 Å². The second-order valence-electron chi connectivity index (χ2n) is 5.86. The lowest BCUT2D eigenvalue weighted by molar-refractivity contribution is -0.921. The highest BCUT2D eigenvalue weighted by atomic mass is 32.1. The van der Waals surface area contributed by atoms with Gasteiger partial charge < -0.3 is 15.0 Å². The Labute approximate surface area is 140 Å². The number of carbonyl (C=O) groups excluding carboxylic acids is 1. The van der Waals surface area contributed by atoms with Crippen molar-refractivity contribution in [3.63, 3.8) is 0 Å². The van der Waals surface area contributed by atoms with Crippen LogP contribution in [0.3, 0.4) is 0 Å². The number of anilines is 1. The lowest BCUT2D eigenvalue weighted by Gasteiger charge is -2.22. The van der Waals surface area contributed by atoms with Gasteiger partial charge in [-0.05, 0) is 19.1 Å². The standard InChI is InChI=1S/C17H21N3O2S/c1-13-2-4-14(5-3-13)18-16(21)10-17-19-15(12-23-17)11-20-6-8-22-9-7-20/h2-5,12H,6-11H2,1H3,(H,18,21)/p+1. The molecule has 1 aliphatic heterocycles. The van der Waals surface area contributed by atoms with Gasteiger partial charge in [0.2, 0.25) is 5.91 Å². The van der Waals surface area contributed by atoms with Gasteiger partial charge in [-0.25, -0.2) is 4.98 Å². The summed E-state index contributed by atoms with van der Waals surface area (Å²) in [6.07, 6.45) is 0.330. The Hall–Kier alpha value is -1.76. The van der Waals surface area contributed by atoms with Crippen LogP contribution in [-0.4, -0.2) is 37.2 Å². The number of morpholine rings is 1. The predicted molar refractivity (Wildman–Crippen MR) is 90.8 cm³/mol. The molecule has 0 saturated carbocycles. The van der Waals surface area contributed by atoms with Crippen LogP contribution in [0, 0.1) is 6.92 Å². The Morgan fingerprint density at radius 2 is 2.04 bits per heavy atom. The fourth-order valence-electron chi connectivity index (χ4n) is 2.58. The van der Waals surface area contributed by atoms with Crippen molar-refractivity contribution in [1.82, 2.24) is 4.98 Å². The zero-order valence-electron chi connectivity index (χ0n) is 13.3. The fourth-order valence-corrected chi connectivity index (χ4v) is 3.38. The van der Waals surface area contributed by atoms with Gasteiger partial charge >= 0.3 is 0 Å². The smallest absolute Gasteiger partial charge is 0.231 e. The lowest BCUT2D eigenvalue weighted by Crippen LogP contribution is -3.12. The second kappa shape index (κ2) is 7.68. The number of ether oxygens (including phenoxy) is 1. The van der Waals surface area contributed by atoms with Gasteiger partial charge in [-0.15, -0.1) is 11.3 Å². The van der Waals surface area contributed by atoms with Crippen LogP contribution in [0.5, 0.6) is 0 Å². The molecule has 2 N–H and O–H groups in total. The molecule has 23 heavy (non-hydrogen) atoms. The normalized spacial score (nSPS) is 15.5. The molecule has 1 fully saturated rings. The molecule has 0 radical (unpaired) electrons. The molecule has 1 aromatic heterocycles. The second-order valence-corrected chi connectivity index (χ2v) is 6.81. The van der Waals surface area contributed by atoms with Crippen LogP contribution >= 0.6 is 11.3 Å². The van der Waals surface area contributed by atoms with Gasteiger partial charge in [0, 0.05) is 11.1 Å². The van der Waals surface area contributed by atoms with Crippen molar-refractivity contribution in [1.29, 1.82) is 0 Å². The molecule has 5 nitrogen and oxygen atoms in total. The lowest BCUT2D eigenvalue weighted by atomic mass is 10.2. The Kier molecular flexibility index (Phi) is 5.38. The number of aryl methyl sites for hydroxylation is 1. The first-order chi connectivity index (χ1) is 11.2. The average Bonchev–Trinajstić information content (AvgIpc) is 2.97. The van der Waals surface area contributed by atoms with Crippen molar-refractivity contribution in [3.8, 4) is 0 Å². The summed E-state index contributed by atoms with van der Waals surface area (Å²) in [5, 5.41) is 5.85. The maximum absolute atomic E-state index is 12.1. The SMILES string of the molecule is Cc1ccc(NC(=O)Cc2nc(C[NH+]3CCOCC3)cs2)cc1. The number of nitrogens with one attached hydrogen (secondary N) is 2. The quantitative estimate of drug-likeness (QED) is 0.860. The zero-order chi connectivity index (χ0) is 16.1. The van der Waals surface area contributed by atoms with Crippen molar-refractivity contribution in [2.75, 3.05) is 31.6 Å². The largest absolute Gasteiger partial charge is 0.370 e. The Balaban J connectivity index is 1.51. The molecular formula is C17H22N3O2S+. The van der Waals surface area contributed by atoms with E-state index >= 15 is 0 Å². The molecule has 3 rings (SSSR count). The van der Waals surface area contributed by atoms with Gasteiger partial charge in [-0.3, -0.25) is 4.79 Å². The number of hydrogen-bond donors (Lipinski definition) is 2. The van der Waals surface area contributed by atoms with Gasteiger partial charge in [0.15, 0.2) is 0 Å². The molecule has 0 unspecified atom stereocenters. The molecule has 122 valence electrons. The van der Waals surface area contributed by atoms with Gasteiger partial charge in [-0.2, -0.15) is 0 Å². The summed E-state index contributed by atoms with van der Waals surface area (Å²) >= 11 is 1.56. The van der Waals surface area contributed by atoms with Gasteiger partial charge in [0.05, 0.1) is 19.6 Å². The third-order valence-corrected chi connectivity index (χ3v) is 4.78. The van der Waals surface area contributed by atoms with Crippen LogP contribution in [0.4, 0.5) is 5.69 Å². The van der Waals surface area contributed by atoms with E-state index in [0.717, 1.165) is 49.2 Å². The van der Waals surface area contributed by atoms with Crippen LogP contribution in [0.15, 0.2) is 29.6 Å². The summed E-state index contributed by atoms with van der Waals surface area (Å²) in [5.74, 6) is -0.0199. The molecular weight excluding hydrogens is 310 g/mol. The van der Waals surface area contributed by atoms with E-state index in [9.17, 15) is 4.79 Å². The molecule has 2 aromatic rings. The van der Waals surface area contributed by atoms with Crippen LogP contribution < -0.4 is 10.2 Å². The first-order valence-electron chi connectivity index (χ1n) is 7.90. The Morgan fingerprint density at radius 3 is 2.78 bits per heavy atom. The molecule has 0 spiro atoms. The molecule has 0 atom stereocenters. The van der Waals surface area contributed by atoms with Crippen molar-refractivity contribution in [2.24, 2.45) is 0 Å². The summed E-state index contributed by atoms with van der Waals surface area (Å²) < 4.78 is 5.37. The van der Waals surface area contributed by atoms with E-state index in [-0.39, 0.29) is 5.91 Å². The minimum atomic E-state index is -0.0199. The van der Waals surface area contributed by atoms with Crippen molar-refractivity contribution < 1.29 is 14.4 Å². The molecule has 1 aromatic carbocycles. The highest BCUT2D eigenvalue weighted by Gasteiger charge is 2.16. The summed E-state index contributed by atoms with van der Waals surface area (Å²) in [4.78, 5) is 18.2. The summed E-state index contributed by atoms with van der Waals surface area (Å²) in [7, 11) is 0. The molecule has 1 aliphatic rings. The summed E-state index contributed by atoms with van der Waals surface area (Å²) in [5.41, 5.74) is 3.08. The third-order valence-electron chi connectivity index (χ3n) is 3.88. The highest BCUT2D eigenvalue weighted by molar-refractivity contribution is 7.09. The molecule has 2 heterocycles. The van der Waals surface area contributed by atoms with E-state index < -0.39 is 0 Å². The van der Waals surface area contributed by atoms with Crippen molar-refractivity contribution in [2.45, 2.75) is 19.9 Å². The molecule has 1 amide bonds. The number of amides is 1. The maximum Gasteiger partial charge on any atom is 0.231 e. The van der Waals surface area contributed by atoms with E-state index in [2.05, 4.69) is 15.7 Å². The monoisotopic (exact) mass is 332 g/mol. The number of quaternary nitrogens is 1. The van der Waals surface area contributed by atoms with E-state index in [0.29, 0.717) is 6.42 Å². The topological polar surface area (TPSA) is 55.7 Å². The summed E-state index contributed by atoms with van der Waals surface area (Å²) in [6.45, 7) is 6.65. The van der Waals surface area contributed by atoms with E-state index in [1.54, 1.807) is 11.3 Å². The average molecular weight is 332 g/mol. The zero-order valence-corrected chi connectivity index (χ0v) is 14.1. The van der Waals surface area contributed by atoms with Crippen molar-refractivity contribution in [3.05, 3.63) is 45.9 Å². The minimum absolute atomic E-state index is 0.0199. The Morgan fingerprint density at radius 1 is 1.30 bits per heavy atom. The number of hydrogen-bond acceptors (Lipinski definition) is 4. The molecule has 0 bridgehead atoms. The first-order valence-corrected chi connectivity index (χ1v) is 8.78. The minimum Gasteiger partial charge on any atom is -0.370 e. The number of carbonyl (C=O) groups is 1. The number of rotatable bonds is 5. The maximum atomic E-state index is 12.1. The number of nitrogens with zero attached hydrogens (tertiary/aromatic N) is 1. The number of benzene rings is 1. The van der Waals surface area contributed by atoms with Crippen LogP contribution in [-0.2, 0) is 22.5 Å². The molecule has 0 aliphatic carbocycles. The predicted octanol–water partition coefficient (Wildman–Crippen LogP) is 1.05. The molecule has 1 saturated heterocycles. The fraction of sp³-hybridized carbons (Fsp3) is 0.412. The van der Waals surface area contributed by atoms with Gasteiger partial charge in [-0.1, -0.05) is 17.7 Å². The summed E-state index contributed by atoms with van der Waals surface area (Å²) in [6, 6.07) is 7.81. The first kappa shape index (κ1) is 16.1.